The molecule has 20 heavy (non-hydrogen) atoms. The Morgan fingerprint density at radius 3 is 2.50 bits per heavy atom. The molecular weight excluding hydrogens is 257 g/mol. The van der Waals surface area contributed by atoms with E-state index in [0.717, 1.165) is 0 Å². The average molecular weight is 269 g/mol. The van der Waals surface area contributed by atoms with Crippen molar-refractivity contribution in [2.24, 2.45) is 0 Å². The van der Waals surface area contributed by atoms with Gasteiger partial charge in [-0.2, -0.15) is 9.78 Å². The first-order valence-corrected chi connectivity index (χ1v) is 6.13. The third-order valence-corrected chi connectivity index (χ3v) is 3.04. The lowest BCUT2D eigenvalue weighted by Crippen LogP contribution is -1.98. The Morgan fingerprint density at radius 1 is 1.10 bits per heavy atom. The zero-order chi connectivity index (χ0) is 14.1. The van der Waals surface area contributed by atoms with Gasteiger partial charge >= 0.3 is 0 Å². The molecule has 2 aromatic heterocycles. The maximum absolute atomic E-state index is 13.0. The van der Waals surface area contributed by atoms with E-state index < -0.39 is 0 Å². The molecule has 4 nitrogen and oxygen atoms in total. The smallest absolute Gasteiger partial charge is 0.223 e. The second kappa shape index (κ2) is 4.77. The summed E-state index contributed by atoms with van der Waals surface area (Å²) in [7, 11) is 0. The van der Waals surface area contributed by atoms with Crippen LogP contribution in [0, 0.1) is 12.7 Å². The number of hydrogen-bond acceptors (Lipinski definition) is 3. The first-order valence-electron chi connectivity index (χ1n) is 6.13. The fourth-order valence-corrected chi connectivity index (χ4v) is 2.11. The third-order valence-electron chi connectivity index (χ3n) is 3.04. The normalized spacial score (nSPS) is 10.7. The molecule has 100 valence electrons. The maximum atomic E-state index is 13.0. The predicted octanol–water partition coefficient (Wildman–Crippen LogP) is 3.09. The first-order chi connectivity index (χ1) is 9.66. The molecule has 1 N–H and O–H groups in total. The van der Waals surface area contributed by atoms with Crippen LogP contribution in [0.1, 0.15) is 5.69 Å². The fraction of sp³-hybridized carbons (Fsp3) is 0.0667. The lowest BCUT2D eigenvalue weighted by molar-refractivity contribution is 0.433. The quantitative estimate of drug-likeness (QED) is 0.777. The monoisotopic (exact) mass is 269 g/mol. The second-order valence-electron chi connectivity index (χ2n) is 4.39. The molecule has 0 bridgehead atoms. The fourth-order valence-electron chi connectivity index (χ4n) is 2.11. The molecule has 3 rings (SSSR count). The van der Waals surface area contributed by atoms with Gasteiger partial charge in [0.1, 0.15) is 5.82 Å². The van der Waals surface area contributed by atoms with E-state index in [1.807, 2.05) is 6.07 Å². The summed E-state index contributed by atoms with van der Waals surface area (Å²) in [6.45, 7) is 1.79. The van der Waals surface area contributed by atoms with E-state index in [4.69, 9.17) is 0 Å². The van der Waals surface area contributed by atoms with E-state index in [9.17, 15) is 9.50 Å². The topological polar surface area (TPSA) is 50.9 Å². The van der Waals surface area contributed by atoms with E-state index in [2.05, 4.69) is 10.1 Å². The summed E-state index contributed by atoms with van der Waals surface area (Å²) in [5, 5.41) is 14.6. The number of aromatic nitrogens is 3. The van der Waals surface area contributed by atoms with Crippen LogP contribution in [0.3, 0.4) is 0 Å². The van der Waals surface area contributed by atoms with Gasteiger partial charge in [0.05, 0.1) is 11.3 Å². The summed E-state index contributed by atoms with van der Waals surface area (Å²) in [6, 6.07) is 11.3. The Bertz CT molecular complexity index is 736. The van der Waals surface area contributed by atoms with Gasteiger partial charge in [0.15, 0.2) is 5.82 Å². The Balaban J connectivity index is 2.14. The molecule has 0 unspecified atom stereocenters. The molecule has 0 aliphatic rings. The van der Waals surface area contributed by atoms with Gasteiger partial charge in [-0.3, -0.25) is 0 Å². The largest absolute Gasteiger partial charge is 0.493 e. The summed E-state index contributed by atoms with van der Waals surface area (Å²) < 4.78 is 14.3. The molecule has 0 amide bonds. The molecule has 0 saturated carbocycles. The Morgan fingerprint density at radius 2 is 1.85 bits per heavy atom. The van der Waals surface area contributed by atoms with E-state index in [1.54, 1.807) is 37.4 Å². The zero-order valence-electron chi connectivity index (χ0n) is 10.8. The number of rotatable bonds is 2. The molecule has 0 aliphatic heterocycles. The minimum absolute atomic E-state index is 0.00666. The van der Waals surface area contributed by atoms with Crippen molar-refractivity contribution in [2.45, 2.75) is 6.92 Å². The molecule has 5 heteroatoms. The summed E-state index contributed by atoms with van der Waals surface area (Å²) in [5.41, 5.74) is 1.94. The summed E-state index contributed by atoms with van der Waals surface area (Å²) in [5.74, 6) is 0.206. The van der Waals surface area contributed by atoms with Crippen molar-refractivity contribution in [1.82, 2.24) is 14.8 Å². The highest BCUT2D eigenvalue weighted by atomic mass is 19.1. The van der Waals surface area contributed by atoms with Crippen LogP contribution in [0.4, 0.5) is 4.39 Å². The van der Waals surface area contributed by atoms with Gasteiger partial charge in [-0.15, -0.1) is 0 Å². The number of aryl methyl sites for hydroxylation is 1. The average Bonchev–Trinajstić information content (AvgIpc) is 2.76. The SMILES string of the molecule is Cc1nn(-c2ccccn2)c(O)c1-c1ccc(F)cc1. The van der Waals surface area contributed by atoms with E-state index in [1.165, 1.54) is 16.8 Å². The van der Waals surface area contributed by atoms with Gasteiger partial charge in [0, 0.05) is 6.20 Å². The Hall–Kier alpha value is -2.69. The van der Waals surface area contributed by atoms with Gasteiger partial charge in [0.25, 0.3) is 0 Å². The van der Waals surface area contributed by atoms with Crippen molar-refractivity contribution in [3.8, 4) is 22.8 Å². The molecule has 0 atom stereocenters. The number of benzene rings is 1. The van der Waals surface area contributed by atoms with Crippen molar-refractivity contribution in [2.75, 3.05) is 0 Å². The molecule has 0 spiro atoms. The number of aromatic hydroxyl groups is 1. The van der Waals surface area contributed by atoms with Crippen molar-refractivity contribution in [3.05, 3.63) is 60.2 Å². The molecule has 0 saturated heterocycles. The molecule has 0 fully saturated rings. The van der Waals surface area contributed by atoms with E-state index in [-0.39, 0.29) is 11.7 Å². The summed E-state index contributed by atoms with van der Waals surface area (Å²) in [4.78, 5) is 4.15. The van der Waals surface area contributed by atoms with Crippen LogP contribution in [-0.4, -0.2) is 19.9 Å². The lowest BCUT2D eigenvalue weighted by atomic mass is 10.1. The van der Waals surface area contributed by atoms with Gasteiger partial charge in [-0.1, -0.05) is 18.2 Å². The van der Waals surface area contributed by atoms with Gasteiger partial charge in [-0.05, 0) is 36.8 Å². The van der Waals surface area contributed by atoms with Crippen LogP contribution in [0.5, 0.6) is 5.88 Å². The van der Waals surface area contributed by atoms with Crippen molar-refractivity contribution in [3.63, 3.8) is 0 Å². The molecule has 2 heterocycles. The Labute approximate surface area is 115 Å². The summed E-state index contributed by atoms with van der Waals surface area (Å²) >= 11 is 0. The van der Waals surface area contributed by atoms with Crippen LogP contribution in [-0.2, 0) is 0 Å². The minimum Gasteiger partial charge on any atom is -0.493 e. The minimum atomic E-state index is -0.317. The highest BCUT2D eigenvalue weighted by Gasteiger charge is 2.17. The molecule has 0 radical (unpaired) electrons. The highest BCUT2D eigenvalue weighted by molar-refractivity contribution is 5.71. The van der Waals surface area contributed by atoms with Crippen molar-refractivity contribution >= 4 is 0 Å². The molecular formula is C15H12FN3O. The zero-order valence-corrected chi connectivity index (χ0v) is 10.8. The second-order valence-corrected chi connectivity index (χ2v) is 4.39. The predicted molar refractivity (Wildman–Crippen MR) is 73.2 cm³/mol. The first kappa shape index (κ1) is 12.3. The summed E-state index contributed by atoms with van der Waals surface area (Å²) in [6.07, 6.45) is 1.63. The molecule has 1 aromatic carbocycles. The highest BCUT2D eigenvalue weighted by Crippen LogP contribution is 2.33. The van der Waals surface area contributed by atoms with Gasteiger partial charge in [0.2, 0.25) is 5.88 Å². The van der Waals surface area contributed by atoms with Gasteiger partial charge < -0.3 is 5.11 Å². The van der Waals surface area contributed by atoms with Crippen LogP contribution >= 0.6 is 0 Å². The van der Waals surface area contributed by atoms with Gasteiger partial charge in [-0.25, -0.2) is 9.37 Å². The van der Waals surface area contributed by atoms with E-state index >= 15 is 0 Å². The number of halogens is 1. The van der Waals surface area contributed by atoms with Crippen molar-refractivity contribution in [1.29, 1.82) is 0 Å². The number of pyridine rings is 1. The standard InChI is InChI=1S/C15H12FN3O/c1-10-14(11-5-7-12(16)8-6-11)15(20)19(18-10)13-4-2-3-9-17-13/h2-9,20H,1H3. The van der Waals surface area contributed by atoms with Crippen LogP contribution in [0.25, 0.3) is 16.9 Å². The molecule has 3 aromatic rings. The van der Waals surface area contributed by atoms with Crippen LogP contribution in [0.2, 0.25) is 0 Å². The van der Waals surface area contributed by atoms with Crippen molar-refractivity contribution < 1.29 is 9.50 Å². The molecule has 0 aliphatic carbocycles. The maximum Gasteiger partial charge on any atom is 0.223 e. The van der Waals surface area contributed by atoms with Crippen LogP contribution in [0.15, 0.2) is 48.7 Å². The van der Waals surface area contributed by atoms with E-state index in [0.29, 0.717) is 22.6 Å². The third kappa shape index (κ3) is 2.03. The number of nitrogens with zero attached hydrogens (tertiary/aromatic N) is 3. The Kier molecular flexibility index (Phi) is 2.95. The lowest BCUT2D eigenvalue weighted by Gasteiger charge is -2.03. The number of hydrogen-bond donors (Lipinski definition) is 1. The van der Waals surface area contributed by atoms with Crippen LogP contribution < -0.4 is 0 Å².